The fraction of sp³-hybridized carbons (Fsp3) is 0.318. The molecule has 0 aliphatic carbocycles. The van der Waals surface area contributed by atoms with Crippen molar-refractivity contribution in [3.05, 3.63) is 72.3 Å². The first-order valence-corrected chi connectivity index (χ1v) is 9.22. The number of rotatable bonds is 6. The van der Waals surface area contributed by atoms with Crippen LogP contribution in [0.15, 0.2) is 61.2 Å². The Hall–Kier alpha value is -2.33. The Balaban J connectivity index is 1.95. The van der Waals surface area contributed by atoms with E-state index in [1.54, 1.807) is 6.08 Å². The van der Waals surface area contributed by atoms with Crippen LogP contribution in [0.25, 0.3) is 0 Å². The van der Waals surface area contributed by atoms with Crippen molar-refractivity contribution in [3.8, 4) is 5.75 Å². The maximum Gasteiger partial charge on any atom is 0.171 e. The third kappa shape index (κ3) is 5.88. The van der Waals surface area contributed by atoms with Gasteiger partial charge in [-0.2, -0.15) is 0 Å². The third-order valence-corrected chi connectivity index (χ3v) is 4.30. The van der Waals surface area contributed by atoms with E-state index in [1.807, 2.05) is 24.3 Å². The summed E-state index contributed by atoms with van der Waals surface area (Å²) < 4.78 is 5.54. The Morgan fingerprint density at radius 3 is 2.50 bits per heavy atom. The van der Waals surface area contributed by atoms with Crippen LogP contribution in [-0.4, -0.2) is 11.7 Å². The zero-order valence-corrected chi connectivity index (χ0v) is 16.8. The van der Waals surface area contributed by atoms with E-state index in [1.165, 1.54) is 11.1 Å². The SMILES string of the molecule is C=CCOc1cccc(NC(=S)N[C@@H](C)c2ccc(C(C)(C)C)cc2)c1. The average Bonchev–Trinajstić information content (AvgIpc) is 2.59. The molecule has 2 aromatic rings. The minimum Gasteiger partial charge on any atom is -0.489 e. The minimum absolute atomic E-state index is 0.115. The van der Waals surface area contributed by atoms with Crippen molar-refractivity contribution >= 4 is 23.0 Å². The molecule has 0 bridgehead atoms. The van der Waals surface area contributed by atoms with Crippen molar-refractivity contribution in [2.75, 3.05) is 11.9 Å². The van der Waals surface area contributed by atoms with Gasteiger partial charge >= 0.3 is 0 Å². The van der Waals surface area contributed by atoms with Gasteiger partial charge in [0.25, 0.3) is 0 Å². The smallest absolute Gasteiger partial charge is 0.171 e. The predicted octanol–water partition coefficient (Wildman–Crippen LogP) is 5.60. The molecule has 2 rings (SSSR count). The number of ether oxygens (including phenoxy) is 1. The van der Waals surface area contributed by atoms with E-state index in [9.17, 15) is 0 Å². The van der Waals surface area contributed by atoms with E-state index in [4.69, 9.17) is 17.0 Å². The zero-order chi connectivity index (χ0) is 19.2. The molecule has 0 aromatic heterocycles. The molecule has 0 unspecified atom stereocenters. The van der Waals surface area contributed by atoms with Crippen LogP contribution in [0.5, 0.6) is 5.75 Å². The van der Waals surface area contributed by atoms with E-state index < -0.39 is 0 Å². The van der Waals surface area contributed by atoms with Crippen LogP contribution in [0.1, 0.15) is 44.9 Å². The lowest BCUT2D eigenvalue weighted by atomic mass is 9.86. The molecule has 1 atom stereocenters. The molecule has 0 radical (unpaired) electrons. The van der Waals surface area contributed by atoms with E-state index >= 15 is 0 Å². The maximum atomic E-state index is 5.54. The predicted molar refractivity (Wildman–Crippen MR) is 115 cm³/mol. The number of hydrogen-bond donors (Lipinski definition) is 2. The first-order valence-electron chi connectivity index (χ1n) is 8.81. The van der Waals surface area contributed by atoms with Crippen LogP contribution >= 0.6 is 12.2 Å². The molecule has 0 saturated heterocycles. The Morgan fingerprint density at radius 2 is 1.88 bits per heavy atom. The number of anilines is 1. The Kier molecular flexibility index (Phi) is 6.81. The Morgan fingerprint density at radius 1 is 1.19 bits per heavy atom. The summed E-state index contributed by atoms with van der Waals surface area (Å²) in [5.41, 5.74) is 3.57. The van der Waals surface area contributed by atoms with Crippen LogP contribution in [-0.2, 0) is 5.41 Å². The zero-order valence-electron chi connectivity index (χ0n) is 16.0. The minimum atomic E-state index is 0.115. The summed E-state index contributed by atoms with van der Waals surface area (Å²) in [6, 6.07) is 16.5. The Bertz CT molecular complexity index is 747. The van der Waals surface area contributed by atoms with Crippen molar-refractivity contribution < 1.29 is 4.74 Å². The quantitative estimate of drug-likeness (QED) is 0.514. The van der Waals surface area contributed by atoms with Gasteiger partial charge in [0.1, 0.15) is 12.4 Å². The number of hydrogen-bond acceptors (Lipinski definition) is 2. The fourth-order valence-electron chi connectivity index (χ4n) is 2.54. The molecule has 0 heterocycles. The van der Waals surface area contributed by atoms with E-state index in [-0.39, 0.29) is 11.5 Å². The monoisotopic (exact) mass is 368 g/mol. The second-order valence-corrected chi connectivity index (χ2v) is 7.73. The van der Waals surface area contributed by atoms with Crippen LogP contribution < -0.4 is 15.4 Å². The first kappa shape index (κ1) is 20.0. The highest BCUT2D eigenvalue weighted by Gasteiger charge is 2.14. The number of benzene rings is 2. The van der Waals surface area contributed by atoms with E-state index in [2.05, 4.69) is 69.2 Å². The number of nitrogens with one attached hydrogen (secondary N) is 2. The van der Waals surface area contributed by atoms with Gasteiger partial charge in [-0.25, -0.2) is 0 Å². The number of thiocarbonyl (C=S) groups is 1. The highest BCUT2D eigenvalue weighted by molar-refractivity contribution is 7.80. The molecule has 26 heavy (non-hydrogen) atoms. The molecule has 3 nitrogen and oxygen atoms in total. The van der Waals surface area contributed by atoms with Gasteiger partial charge in [0.15, 0.2) is 5.11 Å². The van der Waals surface area contributed by atoms with Gasteiger partial charge in [0.05, 0.1) is 6.04 Å². The summed E-state index contributed by atoms with van der Waals surface area (Å²) in [4.78, 5) is 0. The van der Waals surface area contributed by atoms with Gasteiger partial charge in [-0.1, -0.05) is 63.8 Å². The van der Waals surface area contributed by atoms with Gasteiger partial charge in [0.2, 0.25) is 0 Å². The largest absolute Gasteiger partial charge is 0.489 e. The van der Waals surface area contributed by atoms with Crippen LogP contribution in [0.2, 0.25) is 0 Å². The standard InChI is InChI=1S/C22H28N2OS/c1-6-14-25-20-9-7-8-19(15-20)24-21(26)23-16(2)17-10-12-18(13-11-17)22(3,4)5/h6-13,15-16H,1,14H2,2-5H3,(H2,23,24,26)/t16-/m0/s1. The second kappa shape index (κ2) is 8.86. The molecule has 0 aliphatic rings. The van der Waals surface area contributed by atoms with E-state index in [0.29, 0.717) is 11.7 Å². The summed E-state index contributed by atoms with van der Waals surface area (Å²) >= 11 is 5.45. The molecular formula is C22H28N2OS. The lowest BCUT2D eigenvalue weighted by molar-refractivity contribution is 0.363. The van der Waals surface area contributed by atoms with Crippen molar-refractivity contribution in [3.63, 3.8) is 0 Å². The van der Waals surface area contributed by atoms with Crippen LogP contribution in [0.3, 0.4) is 0 Å². The van der Waals surface area contributed by atoms with Gasteiger partial charge in [-0.15, -0.1) is 0 Å². The molecule has 0 fully saturated rings. The molecule has 0 aliphatic heterocycles. The second-order valence-electron chi connectivity index (χ2n) is 7.32. The highest BCUT2D eigenvalue weighted by Crippen LogP contribution is 2.24. The fourth-order valence-corrected chi connectivity index (χ4v) is 2.83. The molecular weight excluding hydrogens is 340 g/mol. The molecule has 2 N–H and O–H groups in total. The van der Waals surface area contributed by atoms with Gasteiger partial charge in [-0.3, -0.25) is 0 Å². The maximum absolute atomic E-state index is 5.54. The highest BCUT2D eigenvalue weighted by atomic mass is 32.1. The van der Waals surface area contributed by atoms with Crippen molar-refractivity contribution in [2.45, 2.75) is 39.2 Å². The molecule has 0 amide bonds. The van der Waals surface area contributed by atoms with Crippen molar-refractivity contribution in [1.82, 2.24) is 5.32 Å². The Labute approximate surface area is 162 Å². The third-order valence-electron chi connectivity index (χ3n) is 4.08. The van der Waals surface area contributed by atoms with Crippen molar-refractivity contribution in [2.24, 2.45) is 0 Å². The summed E-state index contributed by atoms with van der Waals surface area (Å²) in [6.07, 6.45) is 1.72. The molecule has 2 aromatic carbocycles. The van der Waals surface area contributed by atoms with Gasteiger partial charge in [-0.05, 0) is 47.8 Å². The van der Waals surface area contributed by atoms with Crippen LogP contribution in [0.4, 0.5) is 5.69 Å². The normalized spacial score (nSPS) is 12.2. The summed E-state index contributed by atoms with van der Waals surface area (Å²) in [6.45, 7) is 12.9. The molecule has 138 valence electrons. The molecule has 4 heteroatoms. The van der Waals surface area contributed by atoms with Gasteiger partial charge in [0, 0.05) is 11.8 Å². The first-order chi connectivity index (χ1) is 12.3. The van der Waals surface area contributed by atoms with Crippen LogP contribution in [0, 0.1) is 0 Å². The topological polar surface area (TPSA) is 33.3 Å². The van der Waals surface area contributed by atoms with E-state index in [0.717, 1.165) is 11.4 Å². The lowest BCUT2D eigenvalue weighted by Crippen LogP contribution is -2.30. The average molecular weight is 369 g/mol. The molecule has 0 saturated carbocycles. The lowest BCUT2D eigenvalue weighted by Gasteiger charge is -2.21. The summed E-state index contributed by atoms with van der Waals surface area (Å²) in [7, 11) is 0. The summed E-state index contributed by atoms with van der Waals surface area (Å²) in [5.74, 6) is 0.781. The molecule has 0 spiro atoms. The summed E-state index contributed by atoms with van der Waals surface area (Å²) in [5, 5.41) is 7.12. The van der Waals surface area contributed by atoms with Crippen molar-refractivity contribution in [1.29, 1.82) is 0 Å². The van der Waals surface area contributed by atoms with Gasteiger partial charge < -0.3 is 15.4 Å².